The zero-order valence-electron chi connectivity index (χ0n) is 12.8. The molecule has 0 aliphatic heterocycles. The molecule has 1 heterocycles. The van der Waals surface area contributed by atoms with Gasteiger partial charge >= 0.3 is 0 Å². The number of hydrogen-bond acceptors (Lipinski definition) is 3. The van der Waals surface area contributed by atoms with Crippen molar-refractivity contribution in [3.05, 3.63) is 45.1 Å². The summed E-state index contributed by atoms with van der Waals surface area (Å²) in [6, 6.07) is 7.64. The zero-order valence-corrected chi connectivity index (χ0v) is 14.4. The number of nitrogens with one attached hydrogen (secondary N) is 1. The van der Waals surface area contributed by atoms with E-state index in [1.54, 1.807) is 11.3 Å². The Hall–Kier alpha value is -1.52. The van der Waals surface area contributed by atoms with Gasteiger partial charge in [0.25, 0.3) is 5.91 Å². The van der Waals surface area contributed by atoms with Crippen molar-refractivity contribution in [1.82, 2.24) is 0 Å². The van der Waals surface area contributed by atoms with E-state index in [0.29, 0.717) is 5.69 Å². The van der Waals surface area contributed by atoms with Crippen LogP contribution < -0.4 is 11.1 Å². The van der Waals surface area contributed by atoms with E-state index < -0.39 is 0 Å². The van der Waals surface area contributed by atoms with E-state index in [4.69, 9.17) is 5.73 Å². The van der Waals surface area contributed by atoms with E-state index in [9.17, 15) is 4.79 Å². The number of nitrogen functional groups attached to an aromatic ring is 1. The van der Waals surface area contributed by atoms with Gasteiger partial charge in [0.05, 0.1) is 4.88 Å². The average Bonchev–Trinajstić information content (AvgIpc) is 2.86. The smallest absolute Gasteiger partial charge is 0.265 e. The Bertz CT molecular complexity index is 696. The summed E-state index contributed by atoms with van der Waals surface area (Å²) < 4.78 is 0. The Morgan fingerprint density at radius 2 is 2.14 bits per heavy atom. The third-order valence-corrected chi connectivity index (χ3v) is 5.30. The molecule has 118 valence electrons. The van der Waals surface area contributed by atoms with Gasteiger partial charge in [0.2, 0.25) is 0 Å². The SMILES string of the molecule is Cc1ccc(N)cc1NC(=O)c1cc2c(s1)CCC(C)C2.Cl. The molecule has 0 saturated carbocycles. The number of carbonyl (C=O) groups excluding carboxylic acids is 1. The van der Waals surface area contributed by atoms with Gasteiger partial charge in [-0.1, -0.05) is 13.0 Å². The Balaban J connectivity index is 0.00000176. The number of fused-ring (bicyclic) bond motifs is 1. The summed E-state index contributed by atoms with van der Waals surface area (Å²) in [6.07, 6.45) is 3.42. The minimum Gasteiger partial charge on any atom is -0.399 e. The number of nitrogens with two attached hydrogens (primary N) is 1. The molecule has 0 spiro atoms. The van der Waals surface area contributed by atoms with Crippen molar-refractivity contribution in [3.8, 4) is 0 Å². The third kappa shape index (κ3) is 3.45. The summed E-state index contributed by atoms with van der Waals surface area (Å²) in [5.74, 6) is 0.690. The van der Waals surface area contributed by atoms with E-state index in [-0.39, 0.29) is 18.3 Å². The first-order valence-corrected chi connectivity index (χ1v) is 8.13. The molecule has 2 aromatic rings. The van der Waals surface area contributed by atoms with Gasteiger partial charge in [-0.15, -0.1) is 23.7 Å². The quantitative estimate of drug-likeness (QED) is 0.797. The summed E-state index contributed by atoms with van der Waals surface area (Å²) in [6.45, 7) is 4.24. The summed E-state index contributed by atoms with van der Waals surface area (Å²) in [4.78, 5) is 14.6. The highest BCUT2D eigenvalue weighted by Crippen LogP contribution is 2.32. The maximum absolute atomic E-state index is 12.4. The molecule has 3 N–H and O–H groups in total. The number of anilines is 2. The molecule has 1 aromatic heterocycles. The average molecular weight is 337 g/mol. The van der Waals surface area contributed by atoms with Crippen LogP contribution in [0.15, 0.2) is 24.3 Å². The van der Waals surface area contributed by atoms with Gasteiger partial charge in [-0.3, -0.25) is 4.79 Å². The molecule has 0 bridgehead atoms. The van der Waals surface area contributed by atoms with Crippen LogP contribution in [0.3, 0.4) is 0 Å². The summed E-state index contributed by atoms with van der Waals surface area (Å²) >= 11 is 1.63. The fourth-order valence-electron chi connectivity index (χ4n) is 2.78. The second kappa shape index (κ2) is 6.71. The second-order valence-electron chi connectivity index (χ2n) is 5.94. The summed E-state index contributed by atoms with van der Waals surface area (Å²) in [7, 11) is 0. The van der Waals surface area contributed by atoms with Crippen molar-refractivity contribution in [2.24, 2.45) is 5.92 Å². The Labute approximate surface area is 141 Å². The van der Waals surface area contributed by atoms with E-state index in [2.05, 4.69) is 18.3 Å². The van der Waals surface area contributed by atoms with Crippen molar-refractivity contribution >= 4 is 41.0 Å². The predicted octanol–water partition coefficient (Wildman–Crippen LogP) is 4.44. The molecule has 5 heteroatoms. The lowest BCUT2D eigenvalue weighted by Gasteiger charge is -2.16. The van der Waals surface area contributed by atoms with Crippen LogP contribution in [0.4, 0.5) is 11.4 Å². The van der Waals surface area contributed by atoms with Crippen LogP contribution in [-0.2, 0) is 12.8 Å². The highest BCUT2D eigenvalue weighted by atomic mass is 35.5. The van der Waals surface area contributed by atoms with Crippen molar-refractivity contribution in [1.29, 1.82) is 0 Å². The van der Waals surface area contributed by atoms with Gasteiger partial charge in [0, 0.05) is 16.3 Å². The fourth-order valence-corrected chi connectivity index (χ4v) is 3.88. The van der Waals surface area contributed by atoms with Gasteiger partial charge in [-0.2, -0.15) is 0 Å². The molecule has 0 radical (unpaired) electrons. The molecule has 1 aliphatic carbocycles. The van der Waals surface area contributed by atoms with E-state index in [0.717, 1.165) is 34.9 Å². The molecule has 3 rings (SSSR count). The lowest BCUT2D eigenvalue weighted by atomic mass is 9.90. The van der Waals surface area contributed by atoms with Crippen LogP contribution in [-0.4, -0.2) is 5.91 Å². The normalized spacial score (nSPS) is 16.5. The van der Waals surface area contributed by atoms with Crippen LogP contribution >= 0.6 is 23.7 Å². The first kappa shape index (κ1) is 16.8. The van der Waals surface area contributed by atoms with Crippen molar-refractivity contribution < 1.29 is 4.79 Å². The molecular weight excluding hydrogens is 316 g/mol. The first-order chi connectivity index (χ1) is 10.0. The Morgan fingerprint density at radius 1 is 1.36 bits per heavy atom. The molecule has 3 nitrogen and oxygen atoms in total. The molecular formula is C17H21ClN2OS. The fraction of sp³-hybridized carbons (Fsp3) is 0.353. The number of benzene rings is 1. The van der Waals surface area contributed by atoms with Crippen LogP contribution in [0.1, 0.15) is 39.0 Å². The predicted molar refractivity (Wildman–Crippen MR) is 96.3 cm³/mol. The van der Waals surface area contributed by atoms with Crippen molar-refractivity contribution in [3.63, 3.8) is 0 Å². The van der Waals surface area contributed by atoms with Gasteiger partial charge in [-0.25, -0.2) is 0 Å². The van der Waals surface area contributed by atoms with E-state index >= 15 is 0 Å². The van der Waals surface area contributed by atoms with Crippen LogP contribution in [0, 0.1) is 12.8 Å². The maximum atomic E-state index is 12.4. The lowest BCUT2D eigenvalue weighted by molar-refractivity contribution is 0.103. The number of aryl methyl sites for hydroxylation is 2. The van der Waals surface area contributed by atoms with E-state index in [1.165, 1.54) is 16.9 Å². The van der Waals surface area contributed by atoms with Gasteiger partial charge < -0.3 is 11.1 Å². The molecule has 1 amide bonds. The van der Waals surface area contributed by atoms with Crippen LogP contribution in [0.25, 0.3) is 0 Å². The van der Waals surface area contributed by atoms with Crippen LogP contribution in [0.2, 0.25) is 0 Å². The highest BCUT2D eigenvalue weighted by molar-refractivity contribution is 7.14. The molecule has 1 aromatic carbocycles. The summed E-state index contributed by atoms with van der Waals surface area (Å²) in [5, 5.41) is 2.98. The first-order valence-electron chi connectivity index (χ1n) is 7.32. The second-order valence-corrected chi connectivity index (χ2v) is 7.07. The number of thiophene rings is 1. The third-order valence-electron chi connectivity index (χ3n) is 4.06. The summed E-state index contributed by atoms with van der Waals surface area (Å²) in [5.41, 5.74) is 9.62. The number of rotatable bonds is 2. The maximum Gasteiger partial charge on any atom is 0.265 e. The number of hydrogen-bond donors (Lipinski definition) is 2. The topological polar surface area (TPSA) is 55.1 Å². The number of amides is 1. The number of carbonyl (C=O) groups is 1. The Kier molecular flexibility index (Phi) is 5.14. The zero-order chi connectivity index (χ0) is 15.0. The van der Waals surface area contributed by atoms with Gasteiger partial charge in [0.15, 0.2) is 0 Å². The largest absolute Gasteiger partial charge is 0.399 e. The van der Waals surface area contributed by atoms with Gasteiger partial charge in [0.1, 0.15) is 0 Å². The molecule has 22 heavy (non-hydrogen) atoms. The Morgan fingerprint density at radius 3 is 2.91 bits per heavy atom. The minimum atomic E-state index is -0.0317. The van der Waals surface area contributed by atoms with Crippen LogP contribution in [0.5, 0.6) is 0 Å². The standard InChI is InChI=1S/C17H20N2OS.ClH/c1-10-3-6-15-12(7-10)8-16(21-15)17(20)19-14-9-13(18)5-4-11(14)2;/h4-5,8-10H,3,6-7,18H2,1-2H3,(H,19,20);1H. The molecule has 1 unspecified atom stereocenters. The van der Waals surface area contributed by atoms with E-state index in [1.807, 2.05) is 25.1 Å². The monoisotopic (exact) mass is 336 g/mol. The molecule has 0 saturated heterocycles. The lowest BCUT2D eigenvalue weighted by Crippen LogP contribution is -2.11. The van der Waals surface area contributed by atoms with Crippen molar-refractivity contribution in [2.75, 3.05) is 11.1 Å². The molecule has 1 atom stereocenters. The van der Waals surface area contributed by atoms with Crippen molar-refractivity contribution in [2.45, 2.75) is 33.1 Å². The van der Waals surface area contributed by atoms with Gasteiger partial charge in [-0.05, 0) is 61.4 Å². The molecule has 0 fully saturated rings. The molecule has 1 aliphatic rings. The highest BCUT2D eigenvalue weighted by Gasteiger charge is 2.20. The number of halogens is 1. The minimum absolute atomic E-state index is 0.